The van der Waals surface area contributed by atoms with E-state index < -0.39 is 0 Å². The molecule has 7 heteroatoms. The largest absolute Gasteiger partial charge is 0.484 e. The van der Waals surface area contributed by atoms with Gasteiger partial charge in [-0.15, -0.1) is 11.3 Å². The van der Waals surface area contributed by atoms with Gasteiger partial charge in [-0.2, -0.15) is 0 Å². The number of rotatable bonds is 5. The van der Waals surface area contributed by atoms with Crippen LogP contribution in [0.4, 0.5) is 4.39 Å². The lowest BCUT2D eigenvalue weighted by molar-refractivity contribution is 0.0461. The Morgan fingerprint density at radius 2 is 2.32 bits per heavy atom. The Labute approximate surface area is 147 Å². The number of nitrogens with zero attached hydrogens (tertiary/aromatic N) is 2. The second-order valence-electron chi connectivity index (χ2n) is 5.69. The van der Waals surface area contributed by atoms with E-state index in [4.69, 9.17) is 9.15 Å². The van der Waals surface area contributed by atoms with E-state index in [-0.39, 0.29) is 36.0 Å². The lowest BCUT2D eigenvalue weighted by Gasteiger charge is -2.39. The van der Waals surface area contributed by atoms with Crippen molar-refractivity contribution >= 4 is 17.2 Å². The smallest absolute Gasteiger partial charge is 0.276 e. The molecule has 0 N–H and O–H groups in total. The number of thiophene rings is 1. The van der Waals surface area contributed by atoms with E-state index in [0.717, 1.165) is 6.42 Å². The summed E-state index contributed by atoms with van der Waals surface area (Å²) in [4.78, 5) is 19.7. The summed E-state index contributed by atoms with van der Waals surface area (Å²) in [6.45, 7) is 0.745. The molecule has 0 saturated carbocycles. The molecule has 25 heavy (non-hydrogen) atoms. The minimum Gasteiger partial charge on any atom is -0.484 e. The lowest BCUT2D eigenvalue weighted by atomic mass is 10.0. The van der Waals surface area contributed by atoms with Crippen molar-refractivity contribution in [2.24, 2.45) is 0 Å². The van der Waals surface area contributed by atoms with Gasteiger partial charge in [0.2, 0.25) is 5.89 Å². The summed E-state index contributed by atoms with van der Waals surface area (Å²) < 4.78 is 23.9. The fraction of sp³-hybridized carbons (Fsp3) is 0.222. The number of halogens is 1. The van der Waals surface area contributed by atoms with Gasteiger partial charge in [-0.25, -0.2) is 9.37 Å². The molecule has 1 aliphatic rings. The topological polar surface area (TPSA) is 55.6 Å². The minimum atomic E-state index is -0.377. The Morgan fingerprint density at radius 1 is 1.40 bits per heavy atom. The first-order valence-corrected chi connectivity index (χ1v) is 8.76. The van der Waals surface area contributed by atoms with Gasteiger partial charge in [0.15, 0.2) is 12.3 Å². The maximum Gasteiger partial charge on any atom is 0.276 e. The highest BCUT2D eigenvalue weighted by Crippen LogP contribution is 2.36. The van der Waals surface area contributed by atoms with Gasteiger partial charge in [-0.05, 0) is 30.0 Å². The van der Waals surface area contributed by atoms with Crippen LogP contribution in [0, 0.1) is 5.82 Å². The number of amides is 1. The summed E-state index contributed by atoms with van der Waals surface area (Å²) in [6.07, 6.45) is 2.30. The monoisotopic (exact) mass is 358 g/mol. The summed E-state index contributed by atoms with van der Waals surface area (Å²) >= 11 is 1.65. The van der Waals surface area contributed by atoms with Crippen molar-refractivity contribution in [3.63, 3.8) is 0 Å². The average molecular weight is 358 g/mol. The van der Waals surface area contributed by atoms with Crippen molar-refractivity contribution in [2.75, 3.05) is 6.54 Å². The number of benzene rings is 1. The first-order chi connectivity index (χ1) is 12.2. The number of hydrogen-bond donors (Lipinski definition) is 0. The van der Waals surface area contributed by atoms with Gasteiger partial charge in [0.1, 0.15) is 17.8 Å². The molecule has 128 valence electrons. The Balaban J connectivity index is 1.40. The average Bonchev–Trinajstić information content (AvgIpc) is 3.24. The molecule has 1 aromatic carbocycles. The lowest BCUT2D eigenvalue weighted by Crippen LogP contribution is -2.44. The maximum absolute atomic E-state index is 13.1. The van der Waals surface area contributed by atoms with E-state index >= 15 is 0 Å². The van der Waals surface area contributed by atoms with Gasteiger partial charge in [0.25, 0.3) is 5.91 Å². The predicted molar refractivity (Wildman–Crippen MR) is 89.9 cm³/mol. The Hall–Kier alpha value is -2.67. The SMILES string of the molecule is O=C(c1coc(COc2cccc(F)c2)n1)N1CC[C@@H]1c1cccs1. The third-order valence-electron chi connectivity index (χ3n) is 4.08. The molecule has 3 aromatic rings. The zero-order valence-electron chi connectivity index (χ0n) is 13.2. The molecular formula is C18H15FN2O3S. The number of carbonyl (C=O) groups is 1. The molecule has 4 rings (SSSR count). The van der Waals surface area contributed by atoms with Gasteiger partial charge in [-0.1, -0.05) is 12.1 Å². The highest BCUT2D eigenvalue weighted by Gasteiger charge is 2.35. The number of hydrogen-bond acceptors (Lipinski definition) is 5. The third-order valence-corrected chi connectivity index (χ3v) is 5.05. The minimum absolute atomic E-state index is 0.0328. The van der Waals surface area contributed by atoms with Crippen LogP contribution in [0.25, 0.3) is 0 Å². The Morgan fingerprint density at radius 3 is 3.04 bits per heavy atom. The predicted octanol–water partition coefficient (Wildman–Crippen LogP) is 4.04. The number of oxazole rings is 1. The first kappa shape index (κ1) is 15.8. The molecule has 2 aromatic heterocycles. The van der Waals surface area contributed by atoms with Gasteiger partial charge in [0, 0.05) is 17.5 Å². The number of ether oxygens (including phenoxy) is 1. The molecule has 1 aliphatic heterocycles. The highest BCUT2D eigenvalue weighted by atomic mass is 32.1. The maximum atomic E-state index is 13.1. The van der Waals surface area contributed by atoms with Gasteiger partial charge in [0.05, 0.1) is 6.04 Å². The van der Waals surface area contributed by atoms with Gasteiger partial charge < -0.3 is 14.1 Å². The molecule has 1 amide bonds. The summed E-state index contributed by atoms with van der Waals surface area (Å²) in [5, 5.41) is 2.01. The molecule has 5 nitrogen and oxygen atoms in total. The second kappa shape index (κ2) is 6.68. The Kier molecular flexibility index (Phi) is 4.23. The van der Waals surface area contributed by atoms with Crippen molar-refractivity contribution < 1.29 is 18.3 Å². The molecule has 0 bridgehead atoms. The van der Waals surface area contributed by atoms with Crippen molar-refractivity contribution in [2.45, 2.75) is 19.1 Å². The molecule has 3 heterocycles. The van der Waals surface area contributed by atoms with E-state index in [1.165, 1.54) is 23.3 Å². The third kappa shape index (κ3) is 3.28. The Bertz CT molecular complexity index is 878. The van der Waals surface area contributed by atoms with E-state index in [1.807, 2.05) is 17.5 Å². The number of carbonyl (C=O) groups excluding carboxylic acids is 1. The van der Waals surface area contributed by atoms with E-state index in [0.29, 0.717) is 12.3 Å². The van der Waals surface area contributed by atoms with Crippen LogP contribution in [-0.2, 0) is 6.61 Å². The van der Waals surface area contributed by atoms with Crippen molar-refractivity contribution in [1.82, 2.24) is 9.88 Å². The molecule has 0 aliphatic carbocycles. The van der Waals surface area contributed by atoms with Crippen molar-refractivity contribution in [3.05, 3.63) is 70.3 Å². The first-order valence-electron chi connectivity index (χ1n) is 7.88. The molecule has 0 radical (unpaired) electrons. The van der Waals surface area contributed by atoms with Gasteiger partial charge >= 0.3 is 0 Å². The fourth-order valence-electron chi connectivity index (χ4n) is 2.73. The highest BCUT2D eigenvalue weighted by molar-refractivity contribution is 7.10. The second-order valence-corrected chi connectivity index (χ2v) is 6.67. The fourth-order valence-corrected chi connectivity index (χ4v) is 3.61. The molecule has 0 spiro atoms. The van der Waals surface area contributed by atoms with Crippen LogP contribution in [0.15, 0.2) is 52.5 Å². The van der Waals surface area contributed by atoms with Crippen LogP contribution in [0.3, 0.4) is 0 Å². The molecule has 0 unspecified atom stereocenters. The van der Waals surface area contributed by atoms with Crippen molar-refractivity contribution in [3.8, 4) is 5.75 Å². The number of likely N-dealkylation sites (tertiary alicyclic amines) is 1. The van der Waals surface area contributed by atoms with Crippen LogP contribution in [0.2, 0.25) is 0 Å². The molecule has 1 fully saturated rings. The van der Waals surface area contributed by atoms with Crippen LogP contribution in [0.1, 0.15) is 33.7 Å². The van der Waals surface area contributed by atoms with Gasteiger partial charge in [-0.3, -0.25) is 4.79 Å². The van der Waals surface area contributed by atoms with E-state index in [9.17, 15) is 9.18 Å². The summed E-state index contributed by atoms with van der Waals surface area (Å²) in [5.41, 5.74) is 0.263. The van der Waals surface area contributed by atoms with E-state index in [2.05, 4.69) is 4.98 Å². The van der Waals surface area contributed by atoms with Crippen LogP contribution < -0.4 is 4.74 Å². The molecule has 1 saturated heterocycles. The zero-order chi connectivity index (χ0) is 17.2. The quantitative estimate of drug-likeness (QED) is 0.691. The molecular weight excluding hydrogens is 343 g/mol. The van der Waals surface area contributed by atoms with Crippen LogP contribution in [-0.4, -0.2) is 22.3 Å². The van der Waals surface area contributed by atoms with Crippen LogP contribution >= 0.6 is 11.3 Å². The normalized spacial score (nSPS) is 16.5. The summed E-state index contributed by atoms with van der Waals surface area (Å²) in [7, 11) is 0. The summed E-state index contributed by atoms with van der Waals surface area (Å²) in [5.74, 6) is 0.135. The standard InChI is InChI=1S/C18H15FN2O3S/c19-12-3-1-4-13(9-12)23-11-17-20-14(10-24-17)18(22)21-7-6-15(21)16-5-2-8-25-16/h1-5,8-10,15H,6-7,11H2/t15-/m1/s1. The zero-order valence-corrected chi connectivity index (χ0v) is 14.0. The summed E-state index contributed by atoms with van der Waals surface area (Å²) in [6, 6.07) is 9.96. The van der Waals surface area contributed by atoms with Crippen molar-refractivity contribution in [1.29, 1.82) is 0 Å². The van der Waals surface area contributed by atoms with E-state index in [1.54, 1.807) is 28.4 Å². The number of aromatic nitrogens is 1. The van der Waals surface area contributed by atoms with Crippen LogP contribution in [0.5, 0.6) is 5.75 Å². The molecule has 1 atom stereocenters.